The number of benzene rings is 3. The van der Waals surface area contributed by atoms with E-state index in [9.17, 15) is 14.4 Å². The van der Waals surface area contributed by atoms with E-state index < -0.39 is 23.4 Å². The predicted octanol–water partition coefficient (Wildman–Crippen LogP) is 6.52. The zero-order valence-electron chi connectivity index (χ0n) is 22.6. The SMILES string of the molecule is CC(C)Oc1ccc(C(=O)[C@@H]2[C@H](C(=O)c3cccs3)N3C=Cc4ccccc4[C@@H]3[C@]23C(=O)Nc2ccccc23)cc1. The molecule has 1 N–H and O–H groups in total. The Morgan fingerprint density at radius 1 is 0.927 bits per heavy atom. The molecule has 1 aromatic heterocycles. The predicted molar refractivity (Wildman–Crippen MR) is 159 cm³/mol. The van der Waals surface area contributed by atoms with E-state index in [1.54, 1.807) is 30.3 Å². The molecule has 1 saturated heterocycles. The van der Waals surface area contributed by atoms with Crippen molar-refractivity contribution in [3.8, 4) is 5.75 Å². The number of hydrogen-bond acceptors (Lipinski definition) is 6. The lowest BCUT2D eigenvalue weighted by Crippen LogP contribution is -2.49. The Kier molecular flexibility index (Phi) is 5.94. The molecule has 7 rings (SSSR count). The molecule has 1 spiro atoms. The number of ketones is 2. The number of thiophene rings is 1. The van der Waals surface area contributed by atoms with Gasteiger partial charge in [0.2, 0.25) is 5.91 Å². The number of Topliss-reactive ketones (excluding diaryl/α,β-unsaturated/α-hetero) is 2. The Labute approximate surface area is 242 Å². The van der Waals surface area contributed by atoms with Crippen molar-refractivity contribution in [2.75, 3.05) is 5.32 Å². The molecule has 0 bridgehead atoms. The van der Waals surface area contributed by atoms with Crippen molar-refractivity contribution in [1.29, 1.82) is 0 Å². The summed E-state index contributed by atoms with van der Waals surface area (Å²) in [7, 11) is 0. The van der Waals surface area contributed by atoms with E-state index in [0.29, 0.717) is 21.9 Å². The molecule has 1 amide bonds. The molecule has 41 heavy (non-hydrogen) atoms. The van der Waals surface area contributed by atoms with Crippen molar-refractivity contribution in [3.63, 3.8) is 0 Å². The molecule has 4 aromatic rings. The van der Waals surface area contributed by atoms with Gasteiger partial charge < -0.3 is 15.0 Å². The zero-order chi connectivity index (χ0) is 28.3. The van der Waals surface area contributed by atoms with E-state index in [4.69, 9.17) is 4.74 Å². The average Bonchev–Trinajstić information content (AvgIpc) is 3.69. The fourth-order valence-corrected chi connectivity index (χ4v) is 7.58. The molecule has 1 fully saturated rings. The van der Waals surface area contributed by atoms with Crippen LogP contribution in [-0.4, -0.2) is 34.5 Å². The molecule has 7 heteroatoms. The van der Waals surface area contributed by atoms with Crippen molar-refractivity contribution in [1.82, 2.24) is 4.90 Å². The highest BCUT2D eigenvalue weighted by Gasteiger charge is 2.70. The third-order valence-corrected chi connectivity index (χ3v) is 9.28. The second kappa shape index (κ2) is 9.56. The Morgan fingerprint density at radius 2 is 1.68 bits per heavy atom. The molecule has 6 nitrogen and oxygen atoms in total. The van der Waals surface area contributed by atoms with Gasteiger partial charge in [0, 0.05) is 17.5 Å². The number of rotatable bonds is 6. The highest BCUT2D eigenvalue weighted by molar-refractivity contribution is 7.12. The Balaban J connectivity index is 1.48. The summed E-state index contributed by atoms with van der Waals surface area (Å²) in [6.07, 6.45) is 3.85. The first-order valence-corrected chi connectivity index (χ1v) is 14.6. The molecule has 3 aliphatic heterocycles. The first-order valence-electron chi connectivity index (χ1n) is 13.8. The number of fused-ring (bicyclic) bond motifs is 6. The maximum absolute atomic E-state index is 14.8. The second-order valence-electron chi connectivity index (χ2n) is 11.0. The minimum absolute atomic E-state index is 0.0103. The van der Waals surface area contributed by atoms with Crippen LogP contribution in [0.25, 0.3) is 6.08 Å². The van der Waals surface area contributed by atoms with Crippen LogP contribution in [0.3, 0.4) is 0 Å². The summed E-state index contributed by atoms with van der Waals surface area (Å²) in [6, 6.07) is 24.7. The molecule has 0 saturated carbocycles. The van der Waals surface area contributed by atoms with Gasteiger partial charge in [-0.15, -0.1) is 11.3 Å². The Morgan fingerprint density at radius 3 is 2.44 bits per heavy atom. The third-order valence-electron chi connectivity index (χ3n) is 8.40. The Hall–Kier alpha value is -4.49. The van der Waals surface area contributed by atoms with E-state index in [1.165, 1.54) is 11.3 Å². The number of carbonyl (C=O) groups is 3. The highest BCUT2D eigenvalue weighted by atomic mass is 32.1. The van der Waals surface area contributed by atoms with E-state index >= 15 is 0 Å². The lowest BCUT2D eigenvalue weighted by atomic mass is 9.63. The minimum atomic E-state index is -1.33. The van der Waals surface area contributed by atoms with Gasteiger partial charge in [-0.05, 0) is 78.4 Å². The number of ether oxygens (including phenoxy) is 1. The van der Waals surface area contributed by atoms with Crippen LogP contribution in [-0.2, 0) is 10.2 Å². The molecule has 0 unspecified atom stereocenters. The number of carbonyl (C=O) groups excluding carboxylic acids is 3. The molecule has 3 aromatic carbocycles. The highest BCUT2D eigenvalue weighted by Crippen LogP contribution is 2.62. The summed E-state index contributed by atoms with van der Waals surface area (Å²) in [4.78, 5) is 46.2. The average molecular weight is 561 g/mol. The monoisotopic (exact) mass is 560 g/mol. The van der Waals surface area contributed by atoms with Crippen LogP contribution < -0.4 is 10.1 Å². The van der Waals surface area contributed by atoms with Crippen LogP contribution >= 0.6 is 11.3 Å². The lowest BCUT2D eigenvalue weighted by Gasteiger charge is -2.38. The molecular formula is C34H28N2O4S. The summed E-state index contributed by atoms with van der Waals surface area (Å²) in [6.45, 7) is 3.89. The first-order chi connectivity index (χ1) is 19.9. The number of anilines is 1. The summed E-state index contributed by atoms with van der Waals surface area (Å²) >= 11 is 1.35. The van der Waals surface area contributed by atoms with Crippen LogP contribution in [0.4, 0.5) is 5.69 Å². The fourth-order valence-electron chi connectivity index (χ4n) is 6.88. The van der Waals surface area contributed by atoms with Crippen molar-refractivity contribution < 1.29 is 19.1 Å². The maximum atomic E-state index is 14.8. The van der Waals surface area contributed by atoms with Crippen LogP contribution in [0.2, 0.25) is 0 Å². The van der Waals surface area contributed by atoms with E-state index in [0.717, 1.165) is 16.7 Å². The van der Waals surface area contributed by atoms with E-state index in [1.807, 2.05) is 91.0 Å². The van der Waals surface area contributed by atoms with Gasteiger partial charge in [0.25, 0.3) is 0 Å². The topological polar surface area (TPSA) is 75.7 Å². The van der Waals surface area contributed by atoms with Crippen molar-refractivity contribution >= 4 is 40.6 Å². The van der Waals surface area contributed by atoms with Gasteiger partial charge in [0.1, 0.15) is 17.2 Å². The summed E-state index contributed by atoms with van der Waals surface area (Å²) in [5.74, 6) is -1.01. The summed E-state index contributed by atoms with van der Waals surface area (Å²) in [5.41, 5.74) is 2.40. The summed E-state index contributed by atoms with van der Waals surface area (Å²) in [5, 5.41) is 4.94. The fraction of sp³-hybridized carbons (Fsp3) is 0.206. The van der Waals surface area contributed by atoms with Crippen molar-refractivity contribution in [2.24, 2.45) is 5.92 Å². The molecule has 0 radical (unpaired) electrons. The smallest absolute Gasteiger partial charge is 0.238 e. The zero-order valence-corrected chi connectivity index (χ0v) is 23.4. The molecule has 3 aliphatic rings. The second-order valence-corrected chi connectivity index (χ2v) is 11.9. The lowest BCUT2D eigenvalue weighted by molar-refractivity contribution is -0.122. The summed E-state index contributed by atoms with van der Waals surface area (Å²) < 4.78 is 5.81. The van der Waals surface area contributed by atoms with Gasteiger partial charge in [-0.3, -0.25) is 14.4 Å². The first kappa shape index (κ1) is 25.5. The van der Waals surface area contributed by atoms with Crippen molar-refractivity contribution in [3.05, 3.63) is 124 Å². The molecular weight excluding hydrogens is 532 g/mol. The van der Waals surface area contributed by atoms with Gasteiger partial charge >= 0.3 is 0 Å². The Bertz CT molecular complexity index is 1710. The molecule has 4 atom stereocenters. The number of nitrogens with one attached hydrogen (secondary N) is 1. The minimum Gasteiger partial charge on any atom is -0.491 e. The largest absolute Gasteiger partial charge is 0.491 e. The third kappa shape index (κ3) is 3.72. The van der Waals surface area contributed by atoms with Crippen LogP contribution in [0.5, 0.6) is 5.75 Å². The van der Waals surface area contributed by atoms with Gasteiger partial charge in [-0.2, -0.15) is 0 Å². The van der Waals surface area contributed by atoms with Crippen molar-refractivity contribution in [2.45, 2.75) is 37.5 Å². The number of hydrogen-bond donors (Lipinski definition) is 1. The quantitative estimate of drug-likeness (QED) is 0.272. The molecule has 0 aliphatic carbocycles. The van der Waals surface area contributed by atoms with E-state index in [2.05, 4.69) is 5.32 Å². The number of nitrogens with zero attached hydrogens (tertiary/aromatic N) is 1. The van der Waals surface area contributed by atoms with Gasteiger partial charge in [-0.1, -0.05) is 48.5 Å². The molecule has 204 valence electrons. The maximum Gasteiger partial charge on any atom is 0.238 e. The van der Waals surface area contributed by atoms with Crippen LogP contribution in [0, 0.1) is 5.92 Å². The van der Waals surface area contributed by atoms with Crippen LogP contribution in [0.15, 0.2) is 96.5 Å². The number of amides is 1. The molecule has 4 heterocycles. The van der Waals surface area contributed by atoms with Gasteiger partial charge in [0.05, 0.1) is 22.9 Å². The van der Waals surface area contributed by atoms with Crippen LogP contribution in [0.1, 0.15) is 56.6 Å². The van der Waals surface area contributed by atoms with Gasteiger partial charge in [-0.25, -0.2) is 0 Å². The normalized spacial score (nSPS) is 23.7. The van der Waals surface area contributed by atoms with Gasteiger partial charge in [0.15, 0.2) is 11.6 Å². The number of para-hydroxylation sites is 1. The van der Waals surface area contributed by atoms with E-state index in [-0.39, 0.29) is 23.6 Å². The standard InChI is InChI=1S/C34H28N2O4S/c1-20(2)40-23-15-13-22(14-16-23)30(37)28-29(31(38)27-12-7-19-41-27)36-18-17-21-8-3-4-9-24(21)32(36)34(28)25-10-5-6-11-26(25)35-33(34)39/h3-20,28-29,32H,1-2H3,(H,35,39)/t28-,29+,32+,34+/m0/s1.